The lowest BCUT2D eigenvalue weighted by Crippen LogP contribution is -2.44. The maximum Gasteiger partial charge on any atom is 0.0117 e. The highest BCUT2D eigenvalue weighted by Gasteiger charge is 2.43. The molecule has 0 aromatic heterocycles. The smallest absolute Gasteiger partial charge is 0.0117 e. The van der Waals surface area contributed by atoms with Crippen molar-refractivity contribution in [2.45, 2.75) is 44.8 Å². The molecule has 1 heterocycles. The van der Waals surface area contributed by atoms with Crippen LogP contribution in [-0.4, -0.2) is 29.6 Å². The minimum Gasteiger partial charge on any atom is -0.327 e. The SMILES string of the molecule is CC(C)N1CC2CC1C[C@@H]2N. The Labute approximate surface area is 68.7 Å². The van der Waals surface area contributed by atoms with Crippen molar-refractivity contribution in [1.82, 2.24) is 4.90 Å². The van der Waals surface area contributed by atoms with Crippen molar-refractivity contribution in [3.63, 3.8) is 0 Å². The second-order valence-corrected chi connectivity index (χ2v) is 4.34. The van der Waals surface area contributed by atoms with E-state index in [4.69, 9.17) is 5.73 Å². The third-order valence-corrected chi connectivity index (χ3v) is 3.30. The van der Waals surface area contributed by atoms with E-state index in [1.807, 2.05) is 0 Å². The predicted molar refractivity (Wildman–Crippen MR) is 46.3 cm³/mol. The zero-order valence-electron chi connectivity index (χ0n) is 7.46. The van der Waals surface area contributed by atoms with Gasteiger partial charge in [-0.2, -0.15) is 0 Å². The molecule has 1 aliphatic carbocycles. The van der Waals surface area contributed by atoms with Gasteiger partial charge in [-0.05, 0) is 32.6 Å². The molecule has 2 N–H and O–H groups in total. The largest absolute Gasteiger partial charge is 0.327 e. The van der Waals surface area contributed by atoms with Gasteiger partial charge in [0.05, 0.1) is 0 Å². The Bertz CT molecular complexity index is 154. The van der Waals surface area contributed by atoms with E-state index in [0.29, 0.717) is 6.04 Å². The van der Waals surface area contributed by atoms with Crippen LogP contribution in [0.25, 0.3) is 0 Å². The van der Waals surface area contributed by atoms with Crippen LogP contribution < -0.4 is 5.73 Å². The molecule has 0 radical (unpaired) electrons. The standard InChI is InChI=1S/C9H18N2/c1-6(2)11-5-7-3-8(11)4-9(7)10/h6-9H,3-5,10H2,1-2H3/t7?,8?,9-/m0/s1. The fraction of sp³-hybridized carbons (Fsp3) is 1.00. The van der Waals surface area contributed by atoms with Crippen LogP contribution in [0.3, 0.4) is 0 Å². The highest BCUT2D eigenvalue weighted by atomic mass is 15.2. The number of nitrogens with zero attached hydrogens (tertiary/aromatic N) is 1. The normalized spacial score (nSPS) is 44.2. The molecule has 1 saturated carbocycles. The fourth-order valence-corrected chi connectivity index (χ4v) is 2.66. The van der Waals surface area contributed by atoms with E-state index in [0.717, 1.165) is 18.0 Å². The van der Waals surface area contributed by atoms with Crippen molar-refractivity contribution in [1.29, 1.82) is 0 Å². The molecular formula is C9H18N2. The number of rotatable bonds is 1. The monoisotopic (exact) mass is 154 g/mol. The summed E-state index contributed by atoms with van der Waals surface area (Å²) >= 11 is 0. The number of hydrogen-bond acceptors (Lipinski definition) is 2. The van der Waals surface area contributed by atoms with Gasteiger partial charge in [-0.1, -0.05) is 0 Å². The van der Waals surface area contributed by atoms with Crippen LogP contribution in [0.2, 0.25) is 0 Å². The average Bonchev–Trinajstić information content (AvgIpc) is 2.43. The first kappa shape index (κ1) is 7.56. The molecule has 11 heavy (non-hydrogen) atoms. The lowest BCUT2D eigenvalue weighted by atomic mass is 10.0. The van der Waals surface area contributed by atoms with Gasteiger partial charge in [0.1, 0.15) is 0 Å². The van der Waals surface area contributed by atoms with E-state index < -0.39 is 0 Å². The molecule has 64 valence electrons. The topological polar surface area (TPSA) is 29.3 Å². The molecule has 1 saturated heterocycles. The van der Waals surface area contributed by atoms with Crippen LogP contribution in [-0.2, 0) is 0 Å². The van der Waals surface area contributed by atoms with Crippen molar-refractivity contribution < 1.29 is 0 Å². The Hall–Kier alpha value is -0.0800. The number of hydrogen-bond donors (Lipinski definition) is 1. The summed E-state index contributed by atoms with van der Waals surface area (Å²) in [5.74, 6) is 0.808. The molecule has 2 heteroatoms. The molecule has 2 bridgehead atoms. The van der Waals surface area contributed by atoms with Gasteiger partial charge in [0.2, 0.25) is 0 Å². The molecule has 2 aliphatic rings. The molecule has 0 amide bonds. The quantitative estimate of drug-likeness (QED) is 0.606. The number of nitrogens with two attached hydrogens (primary N) is 1. The Morgan fingerprint density at radius 1 is 1.36 bits per heavy atom. The third-order valence-electron chi connectivity index (χ3n) is 3.30. The van der Waals surface area contributed by atoms with Gasteiger partial charge in [0.25, 0.3) is 0 Å². The number of fused-ring (bicyclic) bond motifs is 2. The summed E-state index contributed by atoms with van der Waals surface area (Å²) in [5, 5.41) is 0. The Morgan fingerprint density at radius 3 is 2.45 bits per heavy atom. The molecular weight excluding hydrogens is 136 g/mol. The zero-order chi connectivity index (χ0) is 8.01. The van der Waals surface area contributed by atoms with Crippen LogP contribution >= 0.6 is 0 Å². The van der Waals surface area contributed by atoms with E-state index in [2.05, 4.69) is 18.7 Å². The summed E-state index contributed by atoms with van der Waals surface area (Å²) in [7, 11) is 0. The van der Waals surface area contributed by atoms with E-state index in [1.54, 1.807) is 0 Å². The zero-order valence-corrected chi connectivity index (χ0v) is 7.46. The highest BCUT2D eigenvalue weighted by Crippen LogP contribution is 2.37. The minimum atomic E-state index is 0.509. The maximum absolute atomic E-state index is 5.96. The van der Waals surface area contributed by atoms with Crippen LogP contribution in [0.1, 0.15) is 26.7 Å². The predicted octanol–water partition coefficient (Wildman–Crippen LogP) is 0.816. The summed E-state index contributed by atoms with van der Waals surface area (Å²) in [5.41, 5.74) is 5.96. The first-order valence-electron chi connectivity index (χ1n) is 4.70. The molecule has 0 aromatic carbocycles. The van der Waals surface area contributed by atoms with E-state index in [9.17, 15) is 0 Å². The van der Waals surface area contributed by atoms with Gasteiger partial charge < -0.3 is 5.73 Å². The lowest BCUT2D eigenvalue weighted by Gasteiger charge is -2.32. The first-order valence-corrected chi connectivity index (χ1v) is 4.70. The average molecular weight is 154 g/mol. The van der Waals surface area contributed by atoms with Gasteiger partial charge in [0, 0.05) is 24.7 Å². The van der Waals surface area contributed by atoms with E-state index >= 15 is 0 Å². The van der Waals surface area contributed by atoms with Crippen molar-refractivity contribution in [3.05, 3.63) is 0 Å². The summed E-state index contributed by atoms with van der Waals surface area (Å²) in [6, 6.07) is 2.04. The Kier molecular flexibility index (Phi) is 1.69. The Morgan fingerprint density at radius 2 is 2.09 bits per heavy atom. The van der Waals surface area contributed by atoms with Crippen LogP contribution in [0, 0.1) is 5.92 Å². The fourth-order valence-electron chi connectivity index (χ4n) is 2.66. The van der Waals surface area contributed by atoms with Gasteiger partial charge in [-0.25, -0.2) is 0 Å². The second kappa shape index (κ2) is 2.46. The Balaban J connectivity index is 2.02. The van der Waals surface area contributed by atoms with Crippen LogP contribution in [0.15, 0.2) is 0 Å². The van der Waals surface area contributed by atoms with Crippen LogP contribution in [0.4, 0.5) is 0 Å². The molecule has 0 spiro atoms. The second-order valence-electron chi connectivity index (χ2n) is 4.34. The molecule has 3 atom stereocenters. The molecule has 2 rings (SSSR count). The van der Waals surface area contributed by atoms with E-state index in [1.165, 1.54) is 19.4 Å². The number of likely N-dealkylation sites (tertiary alicyclic amines) is 1. The van der Waals surface area contributed by atoms with Gasteiger partial charge in [-0.3, -0.25) is 4.90 Å². The van der Waals surface area contributed by atoms with Gasteiger partial charge in [-0.15, -0.1) is 0 Å². The van der Waals surface area contributed by atoms with Crippen LogP contribution in [0.5, 0.6) is 0 Å². The van der Waals surface area contributed by atoms with E-state index in [-0.39, 0.29) is 0 Å². The molecule has 2 fully saturated rings. The summed E-state index contributed by atoms with van der Waals surface area (Å²) < 4.78 is 0. The lowest BCUT2D eigenvalue weighted by molar-refractivity contribution is 0.160. The minimum absolute atomic E-state index is 0.509. The molecule has 2 nitrogen and oxygen atoms in total. The summed E-state index contributed by atoms with van der Waals surface area (Å²) in [6.07, 6.45) is 2.60. The first-order chi connectivity index (χ1) is 5.18. The van der Waals surface area contributed by atoms with Crippen molar-refractivity contribution in [3.8, 4) is 0 Å². The molecule has 2 unspecified atom stereocenters. The summed E-state index contributed by atoms with van der Waals surface area (Å²) in [6.45, 7) is 5.82. The maximum atomic E-state index is 5.96. The van der Waals surface area contributed by atoms with Crippen molar-refractivity contribution in [2.24, 2.45) is 11.7 Å². The van der Waals surface area contributed by atoms with Crippen molar-refractivity contribution >= 4 is 0 Å². The third kappa shape index (κ3) is 1.09. The van der Waals surface area contributed by atoms with Gasteiger partial charge >= 0.3 is 0 Å². The molecule has 0 aromatic rings. The van der Waals surface area contributed by atoms with Gasteiger partial charge in [0.15, 0.2) is 0 Å². The summed E-state index contributed by atoms with van der Waals surface area (Å²) in [4.78, 5) is 2.61. The number of piperidine rings is 1. The molecule has 1 aliphatic heterocycles. The highest BCUT2D eigenvalue weighted by molar-refractivity contribution is 5.00. The van der Waals surface area contributed by atoms with Crippen molar-refractivity contribution in [2.75, 3.05) is 6.54 Å².